The minimum Gasteiger partial charge on any atom is -0.394 e. The Hall–Kier alpha value is -3.05. The van der Waals surface area contributed by atoms with Crippen molar-refractivity contribution in [3.05, 3.63) is 12.2 Å². The number of nitrogens with one attached hydrogen (secondary N) is 4. The summed E-state index contributed by atoms with van der Waals surface area (Å²) in [4.78, 5) is 73.3. The van der Waals surface area contributed by atoms with Crippen LogP contribution in [0.1, 0.15) is 103 Å². The average molecular weight is 768 g/mol. The van der Waals surface area contributed by atoms with Crippen LogP contribution >= 0.6 is 11.8 Å². The molecule has 3 aliphatic rings. The highest BCUT2D eigenvalue weighted by Crippen LogP contribution is 2.31. The minimum absolute atomic E-state index is 0.00619. The Kier molecular flexibility index (Phi) is 20.4. The van der Waals surface area contributed by atoms with Crippen molar-refractivity contribution in [2.24, 2.45) is 11.8 Å². The number of carbonyl (C=O) groups excluding carboxylic acids is 6. The summed E-state index contributed by atoms with van der Waals surface area (Å²) in [6, 6.07) is -0.783. The SMILES string of the molecule is CC(=O)NC1[C@H](SCCCCCNC(=O)CCCCCNC(=O)CCCCCNC(=O)C2CCC(CN3C(=O)C=CC3=O)CC2)OC(CO)[C@H](O)[C@H]1O. The lowest BCUT2D eigenvalue weighted by atomic mass is 9.81. The lowest BCUT2D eigenvalue weighted by Crippen LogP contribution is -2.63. The van der Waals surface area contributed by atoms with Gasteiger partial charge in [-0.25, -0.2) is 0 Å². The smallest absolute Gasteiger partial charge is 0.253 e. The van der Waals surface area contributed by atoms with Crippen molar-refractivity contribution in [2.45, 2.75) is 133 Å². The van der Waals surface area contributed by atoms with Crippen LogP contribution in [0, 0.1) is 11.8 Å². The van der Waals surface area contributed by atoms with E-state index in [9.17, 15) is 44.1 Å². The number of thioether (sulfide) groups is 1. The van der Waals surface area contributed by atoms with Crippen molar-refractivity contribution in [2.75, 3.05) is 38.5 Å². The van der Waals surface area contributed by atoms with Crippen LogP contribution in [0.3, 0.4) is 0 Å². The zero-order valence-corrected chi connectivity index (χ0v) is 31.9. The fraction of sp³-hybridized carbons (Fsp3) is 0.784. The Morgan fingerprint density at radius 1 is 0.774 bits per heavy atom. The predicted octanol–water partition coefficient (Wildman–Crippen LogP) is 1.03. The van der Waals surface area contributed by atoms with Gasteiger partial charge in [0.1, 0.15) is 23.7 Å². The molecule has 16 heteroatoms. The molecule has 3 rings (SSSR count). The fourth-order valence-corrected chi connectivity index (χ4v) is 8.12. The number of nitrogens with zero attached hydrogens (tertiary/aromatic N) is 1. The number of carbonyl (C=O) groups is 6. The van der Waals surface area contributed by atoms with Gasteiger partial charge in [-0.15, -0.1) is 11.8 Å². The summed E-state index contributed by atoms with van der Waals surface area (Å²) in [7, 11) is 0. The number of hydrogen-bond acceptors (Lipinski definition) is 11. The highest BCUT2D eigenvalue weighted by Gasteiger charge is 2.44. The van der Waals surface area contributed by atoms with Gasteiger partial charge in [0.15, 0.2) is 0 Å². The van der Waals surface area contributed by atoms with Crippen LogP contribution in [0.4, 0.5) is 0 Å². The Bertz CT molecular complexity index is 1210. The Morgan fingerprint density at radius 3 is 1.87 bits per heavy atom. The molecule has 0 bridgehead atoms. The largest absolute Gasteiger partial charge is 0.394 e. The van der Waals surface area contributed by atoms with Gasteiger partial charge in [0.25, 0.3) is 11.8 Å². The molecule has 1 saturated heterocycles. The quantitative estimate of drug-likeness (QED) is 0.0543. The Morgan fingerprint density at radius 2 is 1.32 bits per heavy atom. The third-order valence-corrected chi connectivity index (χ3v) is 11.3. The second-order valence-corrected chi connectivity index (χ2v) is 15.5. The molecule has 6 amide bonds. The van der Waals surface area contributed by atoms with Crippen molar-refractivity contribution in [1.29, 1.82) is 0 Å². The molecule has 1 saturated carbocycles. The summed E-state index contributed by atoms with van der Waals surface area (Å²) in [5, 5.41) is 41.5. The maximum absolute atomic E-state index is 12.6. The first-order chi connectivity index (χ1) is 25.5. The summed E-state index contributed by atoms with van der Waals surface area (Å²) < 4.78 is 5.72. The molecule has 2 heterocycles. The van der Waals surface area contributed by atoms with Crippen LogP contribution in [-0.4, -0.2) is 124 Å². The van der Waals surface area contributed by atoms with E-state index in [1.807, 2.05) is 0 Å². The lowest BCUT2D eigenvalue weighted by molar-refractivity contribution is -0.173. The van der Waals surface area contributed by atoms with E-state index in [4.69, 9.17) is 4.74 Å². The van der Waals surface area contributed by atoms with E-state index in [2.05, 4.69) is 21.3 Å². The molecule has 53 heavy (non-hydrogen) atoms. The highest BCUT2D eigenvalue weighted by atomic mass is 32.2. The third-order valence-electron chi connectivity index (χ3n) is 10.0. The summed E-state index contributed by atoms with van der Waals surface area (Å²) in [6.07, 6.45) is 10.5. The van der Waals surface area contributed by atoms with Crippen LogP contribution in [-0.2, 0) is 33.5 Å². The van der Waals surface area contributed by atoms with Gasteiger partial charge in [-0.05, 0) is 75.9 Å². The molecule has 2 fully saturated rings. The van der Waals surface area contributed by atoms with Gasteiger partial charge in [-0.1, -0.05) is 19.3 Å². The van der Waals surface area contributed by atoms with Crippen molar-refractivity contribution >= 4 is 47.2 Å². The summed E-state index contributed by atoms with van der Waals surface area (Å²) in [6.45, 7) is 3.05. The Labute approximate surface area is 317 Å². The van der Waals surface area contributed by atoms with E-state index >= 15 is 0 Å². The molecule has 0 spiro atoms. The molecule has 2 aliphatic heterocycles. The summed E-state index contributed by atoms with van der Waals surface area (Å²) >= 11 is 1.41. The summed E-state index contributed by atoms with van der Waals surface area (Å²) in [5.74, 6) is 0.121. The maximum Gasteiger partial charge on any atom is 0.253 e. The number of amides is 6. The molecule has 1 aliphatic carbocycles. The predicted molar refractivity (Wildman–Crippen MR) is 199 cm³/mol. The average Bonchev–Trinajstić information content (AvgIpc) is 3.45. The number of rotatable bonds is 24. The second kappa shape index (κ2) is 24.4. The normalized spacial score (nSPS) is 25.7. The van der Waals surface area contributed by atoms with Gasteiger partial charge >= 0.3 is 0 Å². The molecular weight excluding hydrogens is 706 g/mol. The van der Waals surface area contributed by atoms with Gasteiger partial charge in [-0.3, -0.25) is 33.7 Å². The van der Waals surface area contributed by atoms with Gasteiger partial charge in [0.05, 0.1) is 12.6 Å². The van der Waals surface area contributed by atoms with E-state index in [0.29, 0.717) is 44.8 Å². The number of hydrogen-bond donors (Lipinski definition) is 7. The summed E-state index contributed by atoms with van der Waals surface area (Å²) in [5.41, 5.74) is -0.599. The Balaban J connectivity index is 1.08. The monoisotopic (exact) mass is 767 g/mol. The van der Waals surface area contributed by atoms with Crippen LogP contribution in [0.2, 0.25) is 0 Å². The highest BCUT2D eigenvalue weighted by molar-refractivity contribution is 7.99. The van der Waals surface area contributed by atoms with Crippen LogP contribution in [0.15, 0.2) is 12.2 Å². The van der Waals surface area contributed by atoms with Gasteiger partial charge in [0.2, 0.25) is 23.6 Å². The molecular formula is C37H61N5O10S. The molecule has 7 N–H and O–H groups in total. The number of aliphatic hydroxyl groups excluding tert-OH is 3. The van der Waals surface area contributed by atoms with E-state index in [1.54, 1.807) is 0 Å². The van der Waals surface area contributed by atoms with Crippen molar-refractivity contribution < 1.29 is 48.8 Å². The van der Waals surface area contributed by atoms with Crippen molar-refractivity contribution in [3.63, 3.8) is 0 Å². The molecule has 15 nitrogen and oxygen atoms in total. The number of ether oxygens (including phenoxy) is 1. The first-order valence-corrected chi connectivity index (χ1v) is 20.4. The van der Waals surface area contributed by atoms with E-state index in [-0.39, 0.29) is 47.3 Å². The third kappa shape index (κ3) is 16.1. The van der Waals surface area contributed by atoms with Gasteiger partial charge in [-0.2, -0.15) is 0 Å². The first kappa shape index (κ1) is 44.3. The zero-order chi connectivity index (χ0) is 38.6. The standard InChI is InChI=1S/C37H61N5O10S/c1-25(44)41-33-35(50)34(49)28(24-43)52-37(33)53-22-10-4-9-20-39-30(46)11-5-2-7-19-38-29(45)12-6-3-8-21-40-36(51)27-15-13-26(14-16-27)23-42-31(47)17-18-32(42)48/h17-18,26-28,33-35,37,43,49-50H,2-16,19-24H2,1H3,(H,38,45)(H,39,46)(H,40,51)(H,41,44)/t26?,27?,28?,33?,34-,35-,37-/m0/s1. The molecule has 2 unspecified atom stereocenters. The number of aliphatic hydroxyl groups is 3. The van der Waals surface area contributed by atoms with Crippen molar-refractivity contribution in [1.82, 2.24) is 26.2 Å². The van der Waals surface area contributed by atoms with E-state index in [1.165, 1.54) is 35.7 Å². The second-order valence-electron chi connectivity index (χ2n) is 14.3. The minimum atomic E-state index is -1.29. The van der Waals surface area contributed by atoms with Gasteiger partial charge in [0, 0.05) is 64.0 Å². The number of unbranched alkanes of at least 4 members (excludes halogenated alkanes) is 6. The molecule has 5 atom stereocenters. The van der Waals surface area contributed by atoms with Crippen LogP contribution < -0.4 is 21.3 Å². The first-order valence-electron chi connectivity index (χ1n) is 19.4. The topological polar surface area (TPSA) is 224 Å². The maximum atomic E-state index is 12.6. The van der Waals surface area contributed by atoms with E-state index < -0.39 is 36.4 Å². The molecule has 300 valence electrons. The molecule has 0 aromatic heterocycles. The van der Waals surface area contributed by atoms with Crippen molar-refractivity contribution in [3.8, 4) is 0 Å². The van der Waals surface area contributed by atoms with E-state index in [0.717, 1.165) is 83.5 Å². The van der Waals surface area contributed by atoms with Gasteiger partial charge < -0.3 is 41.3 Å². The van der Waals surface area contributed by atoms with Crippen LogP contribution in [0.5, 0.6) is 0 Å². The molecule has 0 aromatic rings. The zero-order valence-electron chi connectivity index (χ0n) is 31.1. The number of imide groups is 1. The fourth-order valence-electron chi connectivity index (χ4n) is 6.86. The van der Waals surface area contributed by atoms with Crippen LogP contribution in [0.25, 0.3) is 0 Å². The lowest BCUT2D eigenvalue weighted by Gasteiger charge is -2.42. The molecule has 0 radical (unpaired) electrons. The molecule has 0 aromatic carbocycles.